The van der Waals surface area contributed by atoms with Crippen LogP contribution in [0.3, 0.4) is 0 Å². The number of carbonyl (C=O) groups excluding carboxylic acids is 1. The molecule has 0 radical (unpaired) electrons. The van der Waals surface area contributed by atoms with Gasteiger partial charge >= 0.3 is 0 Å². The minimum atomic E-state index is -0.337. The summed E-state index contributed by atoms with van der Waals surface area (Å²) in [6, 6.07) is 12.9. The second kappa shape index (κ2) is 6.86. The first-order valence-corrected chi connectivity index (χ1v) is 8.07. The summed E-state index contributed by atoms with van der Waals surface area (Å²) in [6.07, 6.45) is 1.46. The maximum atomic E-state index is 12.6. The number of amides is 1. The molecule has 1 amide bonds. The monoisotopic (exact) mass is 355 g/mol. The number of hydrogen-bond acceptors (Lipinski definition) is 4. The van der Waals surface area contributed by atoms with E-state index in [4.69, 9.17) is 17.3 Å². The Morgan fingerprint density at radius 1 is 1.20 bits per heavy atom. The number of rotatable bonds is 4. The fraction of sp³-hybridized carbons (Fsp3) is 0.111. The van der Waals surface area contributed by atoms with Gasteiger partial charge in [0.15, 0.2) is 0 Å². The van der Waals surface area contributed by atoms with Crippen LogP contribution in [-0.4, -0.2) is 22.7 Å². The number of hydrogen-bond donors (Lipinski definition) is 3. The van der Waals surface area contributed by atoms with Crippen molar-refractivity contribution >= 4 is 34.7 Å². The molecule has 0 unspecified atom stereocenters. The van der Waals surface area contributed by atoms with Gasteiger partial charge in [0.1, 0.15) is 11.4 Å². The number of anilines is 3. The van der Waals surface area contributed by atoms with E-state index in [0.29, 0.717) is 22.0 Å². The summed E-state index contributed by atoms with van der Waals surface area (Å²) in [5.41, 5.74) is 9.63. The minimum Gasteiger partial charge on any atom is -0.386 e. The molecule has 3 rings (SSSR count). The molecule has 1 aromatic heterocycles. The van der Waals surface area contributed by atoms with Crippen molar-refractivity contribution in [2.75, 3.05) is 23.4 Å². The van der Waals surface area contributed by atoms with Gasteiger partial charge in [0.2, 0.25) is 0 Å². The number of carbonyl (C=O) groups is 1. The van der Waals surface area contributed by atoms with Crippen LogP contribution in [-0.2, 0) is 0 Å². The molecule has 2 aromatic carbocycles. The van der Waals surface area contributed by atoms with Crippen LogP contribution >= 0.6 is 11.6 Å². The molecule has 0 atom stereocenters. The highest BCUT2D eigenvalue weighted by molar-refractivity contribution is 6.31. The summed E-state index contributed by atoms with van der Waals surface area (Å²) in [5.74, 6) is -0.0528. The van der Waals surface area contributed by atoms with E-state index >= 15 is 0 Å². The van der Waals surface area contributed by atoms with Crippen LogP contribution in [0.2, 0.25) is 5.02 Å². The van der Waals surface area contributed by atoms with E-state index in [1.165, 1.54) is 6.20 Å². The minimum absolute atomic E-state index is 0.284. The molecule has 25 heavy (non-hydrogen) atoms. The second-order valence-electron chi connectivity index (χ2n) is 5.54. The molecule has 4 N–H and O–H groups in total. The van der Waals surface area contributed by atoms with E-state index in [9.17, 15) is 4.79 Å². The topological polar surface area (TPSA) is 85.0 Å². The van der Waals surface area contributed by atoms with Crippen LogP contribution in [0.4, 0.5) is 17.2 Å². The van der Waals surface area contributed by atoms with Crippen LogP contribution in [0.1, 0.15) is 15.9 Å². The molecule has 0 aliphatic carbocycles. The van der Waals surface area contributed by atoms with Crippen molar-refractivity contribution in [1.29, 1.82) is 0 Å². The average molecular weight is 356 g/mol. The number of nitrogen functional groups attached to an aromatic ring is 1. The Morgan fingerprint density at radius 2 is 1.96 bits per heavy atom. The predicted molar refractivity (Wildman–Crippen MR) is 102 cm³/mol. The van der Waals surface area contributed by atoms with Gasteiger partial charge in [0, 0.05) is 12.1 Å². The van der Waals surface area contributed by atoms with Gasteiger partial charge in [0.25, 0.3) is 5.91 Å². The number of aryl methyl sites for hydroxylation is 1. The lowest BCUT2D eigenvalue weighted by molar-refractivity contribution is 0.102. The zero-order valence-corrected chi connectivity index (χ0v) is 14.6. The Bertz CT molecular complexity index is 935. The van der Waals surface area contributed by atoms with Crippen molar-refractivity contribution in [2.45, 2.75) is 6.92 Å². The molecule has 0 spiro atoms. The third-order valence-corrected chi connectivity index (χ3v) is 4.13. The number of halogens is 1. The quantitative estimate of drug-likeness (QED) is 0.666. The Balaban J connectivity index is 1.91. The molecule has 0 fully saturated rings. The highest BCUT2D eigenvalue weighted by Gasteiger charge is 2.18. The zero-order chi connectivity index (χ0) is 18.0. The number of nitrogens with one attached hydrogen (secondary N) is 2. The van der Waals surface area contributed by atoms with Crippen LogP contribution in [0, 0.1) is 6.92 Å². The van der Waals surface area contributed by atoms with E-state index in [1.54, 1.807) is 29.9 Å². The first-order chi connectivity index (χ1) is 12.0. The molecule has 0 aliphatic heterocycles. The Labute approximate surface area is 150 Å². The lowest BCUT2D eigenvalue weighted by Gasteiger charge is -2.11. The summed E-state index contributed by atoms with van der Waals surface area (Å²) in [4.78, 5) is 12.6. The van der Waals surface area contributed by atoms with E-state index < -0.39 is 0 Å². The fourth-order valence-electron chi connectivity index (χ4n) is 2.55. The number of aromatic nitrogens is 2. The van der Waals surface area contributed by atoms with Gasteiger partial charge in [-0.15, -0.1) is 0 Å². The lowest BCUT2D eigenvalue weighted by atomic mass is 10.2. The summed E-state index contributed by atoms with van der Waals surface area (Å²) >= 11 is 5.97. The van der Waals surface area contributed by atoms with E-state index in [1.807, 2.05) is 31.2 Å². The average Bonchev–Trinajstić information content (AvgIpc) is 2.98. The van der Waals surface area contributed by atoms with E-state index in [2.05, 4.69) is 15.7 Å². The van der Waals surface area contributed by atoms with E-state index in [-0.39, 0.29) is 11.7 Å². The molecule has 1 heterocycles. The normalized spacial score (nSPS) is 10.5. The smallest absolute Gasteiger partial charge is 0.261 e. The van der Waals surface area contributed by atoms with Gasteiger partial charge in [0.05, 0.1) is 23.3 Å². The van der Waals surface area contributed by atoms with Gasteiger partial charge in [-0.3, -0.25) is 4.79 Å². The highest BCUT2D eigenvalue weighted by atomic mass is 35.5. The first-order valence-electron chi connectivity index (χ1n) is 7.69. The van der Waals surface area contributed by atoms with Crippen molar-refractivity contribution in [2.24, 2.45) is 0 Å². The molecular weight excluding hydrogens is 338 g/mol. The van der Waals surface area contributed by atoms with Gasteiger partial charge in [-0.1, -0.05) is 29.8 Å². The summed E-state index contributed by atoms with van der Waals surface area (Å²) < 4.78 is 1.56. The summed E-state index contributed by atoms with van der Waals surface area (Å²) in [5, 5.41) is 10.7. The molecule has 7 heteroatoms. The highest BCUT2D eigenvalue weighted by Crippen LogP contribution is 2.27. The molecule has 0 saturated carbocycles. The fourth-order valence-corrected chi connectivity index (χ4v) is 2.72. The molecule has 0 aliphatic rings. The van der Waals surface area contributed by atoms with E-state index in [0.717, 1.165) is 11.3 Å². The van der Waals surface area contributed by atoms with Crippen molar-refractivity contribution in [3.8, 4) is 5.69 Å². The summed E-state index contributed by atoms with van der Waals surface area (Å²) in [7, 11) is 1.76. The third-order valence-electron chi connectivity index (χ3n) is 3.89. The number of nitrogens with zero attached hydrogens (tertiary/aromatic N) is 2. The van der Waals surface area contributed by atoms with Crippen molar-refractivity contribution in [1.82, 2.24) is 9.78 Å². The molecule has 0 bridgehead atoms. The Morgan fingerprint density at radius 3 is 2.68 bits per heavy atom. The predicted octanol–water partition coefficient (Wildman–Crippen LogP) is 3.71. The van der Waals surface area contributed by atoms with Crippen molar-refractivity contribution in [3.63, 3.8) is 0 Å². The number of para-hydroxylation sites is 1. The van der Waals surface area contributed by atoms with Gasteiger partial charge in [-0.25, -0.2) is 4.68 Å². The van der Waals surface area contributed by atoms with Crippen LogP contribution < -0.4 is 16.4 Å². The molecular formula is C18H18ClN5O. The number of nitrogens with two attached hydrogens (primary N) is 1. The standard InChI is InChI=1S/C18H18ClN5O/c1-11-5-3-4-6-16(11)24-17(20)13(10-22-24)18(25)23-14-8-7-12(19)9-15(14)21-2/h3-10,21H,20H2,1-2H3,(H,23,25). The van der Waals surface area contributed by atoms with Crippen LogP contribution in [0.25, 0.3) is 5.69 Å². The van der Waals surface area contributed by atoms with Gasteiger partial charge in [-0.2, -0.15) is 5.10 Å². The van der Waals surface area contributed by atoms with Crippen molar-refractivity contribution < 1.29 is 4.79 Å². The summed E-state index contributed by atoms with van der Waals surface area (Å²) in [6.45, 7) is 1.96. The Kier molecular flexibility index (Phi) is 4.63. The van der Waals surface area contributed by atoms with Gasteiger partial charge in [-0.05, 0) is 36.8 Å². The van der Waals surface area contributed by atoms with Gasteiger partial charge < -0.3 is 16.4 Å². The lowest BCUT2D eigenvalue weighted by Crippen LogP contribution is -2.15. The van der Waals surface area contributed by atoms with Crippen LogP contribution in [0.5, 0.6) is 0 Å². The zero-order valence-electron chi connectivity index (χ0n) is 13.9. The molecule has 6 nitrogen and oxygen atoms in total. The maximum Gasteiger partial charge on any atom is 0.261 e. The maximum absolute atomic E-state index is 12.6. The third kappa shape index (κ3) is 3.29. The SMILES string of the molecule is CNc1cc(Cl)ccc1NC(=O)c1cnn(-c2ccccc2C)c1N. The largest absolute Gasteiger partial charge is 0.386 e. The second-order valence-corrected chi connectivity index (χ2v) is 5.97. The number of benzene rings is 2. The molecule has 128 valence electrons. The molecule has 0 saturated heterocycles. The van der Waals surface area contributed by atoms with Crippen LogP contribution in [0.15, 0.2) is 48.7 Å². The Hall–Kier alpha value is -2.99. The van der Waals surface area contributed by atoms with Crippen molar-refractivity contribution in [3.05, 3.63) is 64.8 Å². The molecule has 3 aromatic rings. The first kappa shape index (κ1) is 16.9.